The van der Waals surface area contributed by atoms with Crippen LogP contribution in [0.15, 0.2) is 12.1 Å². The third-order valence-electron chi connectivity index (χ3n) is 8.51. The number of carbonyl (C=O) groups excluding carboxylic acids is 1. The third-order valence-corrected chi connectivity index (χ3v) is 9.72. The Morgan fingerprint density at radius 3 is 2.51 bits per heavy atom. The molecule has 7 nitrogen and oxygen atoms in total. The minimum absolute atomic E-state index is 0.155. The van der Waals surface area contributed by atoms with Crippen molar-refractivity contribution in [3.05, 3.63) is 49.7 Å². The zero-order valence-electron chi connectivity index (χ0n) is 22.3. The number of rotatable bonds is 10. The maximum atomic E-state index is 13.2. The summed E-state index contributed by atoms with van der Waals surface area (Å²) in [7, 11) is 0. The Labute approximate surface area is 222 Å². The van der Waals surface area contributed by atoms with Crippen LogP contribution in [0.4, 0.5) is 4.79 Å². The molecule has 2 aromatic rings. The van der Waals surface area contributed by atoms with Gasteiger partial charge in [0.05, 0.1) is 4.88 Å². The van der Waals surface area contributed by atoms with Crippen molar-refractivity contribution >= 4 is 23.3 Å². The number of aliphatic hydroxyl groups is 1. The van der Waals surface area contributed by atoms with Gasteiger partial charge in [-0.1, -0.05) is 26.0 Å². The van der Waals surface area contributed by atoms with E-state index in [1.54, 1.807) is 11.3 Å². The summed E-state index contributed by atoms with van der Waals surface area (Å²) in [4.78, 5) is 28.0. The van der Waals surface area contributed by atoms with Crippen LogP contribution in [0.5, 0.6) is 5.75 Å². The summed E-state index contributed by atoms with van der Waals surface area (Å²) >= 11 is 1.69. The van der Waals surface area contributed by atoms with Gasteiger partial charge >= 0.3 is 6.16 Å². The number of Topliss-reactive ketones (excluding diaryl/α,β-unsaturated/α-hetero) is 1. The van der Waals surface area contributed by atoms with E-state index in [0.29, 0.717) is 49.7 Å². The molecule has 2 N–H and O–H groups in total. The summed E-state index contributed by atoms with van der Waals surface area (Å²) in [5, 5.41) is 19.0. The van der Waals surface area contributed by atoms with Gasteiger partial charge in [-0.2, -0.15) is 0 Å². The number of thiophene rings is 1. The second kappa shape index (κ2) is 9.71. The summed E-state index contributed by atoms with van der Waals surface area (Å²) in [5.74, 6) is 2.37. The lowest BCUT2D eigenvalue weighted by Gasteiger charge is -2.38. The van der Waals surface area contributed by atoms with Crippen LogP contribution in [0.2, 0.25) is 0 Å². The lowest BCUT2D eigenvalue weighted by atomic mass is 9.93. The molecule has 1 aliphatic heterocycles. The number of β-amino-alcohol motifs (C(OH)–C–C–N with tert-alkyl or cyclic N) is 1. The molecular formula is C29H37NO6S. The van der Waals surface area contributed by atoms with E-state index in [-0.39, 0.29) is 18.5 Å². The molecule has 8 heteroatoms. The van der Waals surface area contributed by atoms with Crippen LogP contribution in [0.1, 0.15) is 68.6 Å². The number of hydrogen-bond acceptors (Lipinski definition) is 7. The van der Waals surface area contributed by atoms with Crippen molar-refractivity contribution < 1.29 is 29.3 Å². The molecule has 1 unspecified atom stereocenters. The lowest BCUT2D eigenvalue weighted by molar-refractivity contribution is -0.0512. The molecule has 1 saturated carbocycles. The van der Waals surface area contributed by atoms with Gasteiger partial charge in [0.1, 0.15) is 24.6 Å². The predicted octanol–water partition coefficient (Wildman–Crippen LogP) is 4.90. The average Bonchev–Trinajstić information content (AvgIpc) is 3.09. The van der Waals surface area contributed by atoms with Crippen molar-refractivity contribution in [1.82, 2.24) is 4.90 Å². The number of nitrogens with zero attached hydrogens (tertiary/aromatic N) is 1. The Balaban J connectivity index is 1.13. The maximum Gasteiger partial charge on any atom is 0.506 e. The Kier molecular flexibility index (Phi) is 6.88. The number of fused-ring (bicyclic) bond motifs is 3. The van der Waals surface area contributed by atoms with Crippen LogP contribution in [0, 0.1) is 32.1 Å². The Hall–Kier alpha value is -2.42. The van der Waals surface area contributed by atoms with Crippen molar-refractivity contribution in [3.63, 3.8) is 0 Å². The normalized spacial score (nSPS) is 22.6. The molecule has 1 saturated heterocycles. The summed E-state index contributed by atoms with van der Waals surface area (Å²) in [6, 6.07) is 4.15. The topological polar surface area (TPSA) is 96.3 Å². The number of ketones is 1. The largest absolute Gasteiger partial charge is 0.506 e. The number of benzene rings is 1. The number of ether oxygens (including phenoxy) is 2. The number of carboxylic acid groups (broad SMARTS) is 1. The van der Waals surface area contributed by atoms with E-state index in [9.17, 15) is 14.7 Å². The average molecular weight is 528 g/mol. The zero-order valence-corrected chi connectivity index (χ0v) is 23.1. The van der Waals surface area contributed by atoms with E-state index in [2.05, 4.69) is 32.9 Å². The summed E-state index contributed by atoms with van der Waals surface area (Å²) in [6.45, 7) is 12.4. The van der Waals surface area contributed by atoms with E-state index < -0.39 is 12.3 Å². The second-order valence-corrected chi connectivity index (χ2v) is 12.9. The van der Waals surface area contributed by atoms with Gasteiger partial charge in [0.25, 0.3) is 0 Å². The molecular weight excluding hydrogens is 490 g/mol. The molecule has 1 aromatic carbocycles. The van der Waals surface area contributed by atoms with Gasteiger partial charge < -0.3 is 19.7 Å². The molecule has 200 valence electrons. The van der Waals surface area contributed by atoms with E-state index >= 15 is 0 Å². The van der Waals surface area contributed by atoms with Gasteiger partial charge in [-0.25, -0.2) is 4.79 Å². The van der Waals surface area contributed by atoms with E-state index in [0.717, 1.165) is 33.7 Å². The molecule has 5 rings (SSSR count). The molecule has 0 radical (unpaired) electrons. The number of aryl methyl sites for hydroxylation is 4. The second-order valence-electron chi connectivity index (χ2n) is 11.7. The Morgan fingerprint density at radius 2 is 1.86 bits per heavy atom. The molecule has 0 amide bonds. The standard InChI is InChI=1S/C29H37NO6S/c1-15-8-18(6-7-23(32)27-21-10-22-25(29(22,4)5)24(21)17(3)37-27)9-16(2)26(15)35-14-19(31)11-30-12-20(13-30)36-28(33)34/h8-9,19-20,22,25,31H,6-7,10-14H2,1-5H3,(H,33,34)/t19?,22-,25-/m1/s1. The number of carbonyl (C=O) groups is 2. The van der Waals surface area contributed by atoms with Gasteiger partial charge in [0, 0.05) is 30.9 Å². The molecule has 0 bridgehead atoms. The van der Waals surface area contributed by atoms with Crippen molar-refractivity contribution in [2.24, 2.45) is 11.3 Å². The smallest absolute Gasteiger partial charge is 0.490 e. The predicted molar refractivity (Wildman–Crippen MR) is 142 cm³/mol. The fourth-order valence-corrected chi connectivity index (χ4v) is 7.76. The molecule has 3 atom stereocenters. The van der Waals surface area contributed by atoms with Crippen LogP contribution >= 0.6 is 11.3 Å². The van der Waals surface area contributed by atoms with Gasteiger partial charge in [0.2, 0.25) is 0 Å². The van der Waals surface area contributed by atoms with E-state index in [1.165, 1.54) is 16.0 Å². The maximum absolute atomic E-state index is 13.2. The first kappa shape index (κ1) is 26.2. The summed E-state index contributed by atoms with van der Waals surface area (Å²) in [6.07, 6.45) is -0.0135. The molecule has 3 aliphatic rings. The molecule has 2 aliphatic carbocycles. The van der Waals surface area contributed by atoms with Gasteiger partial charge in [-0.15, -0.1) is 11.3 Å². The highest BCUT2D eigenvalue weighted by Crippen LogP contribution is 2.71. The number of likely N-dealkylation sites (tertiary alicyclic amines) is 1. The first-order valence-corrected chi connectivity index (χ1v) is 14.0. The summed E-state index contributed by atoms with van der Waals surface area (Å²) in [5.41, 5.74) is 6.30. The quantitative estimate of drug-likeness (QED) is 0.335. The van der Waals surface area contributed by atoms with Gasteiger partial charge in [-0.3, -0.25) is 9.69 Å². The third kappa shape index (κ3) is 5.03. The highest BCUT2D eigenvalue weighted by Gasteiger charge is 2.63. The molecule has 0 spiro atoms. The van der Waals surface area contributed by atoms with Crippen molar-refractivity contribution in [1.29, 1.82) is 0 Å². The van der Waals surface area contributed by atoms with Crippen LogP contribution < -0.4 is 4.74 Å². The minimum Gasteiger partial charge on any atom is -0.490 e. The first-order chi connectivity index (χ1) is 17.5. The minimum atomic E-state index is -1.27. The zero-order chi connectivity index (χ0) is 26.6. The van der Waals surface area contributed by atoms with Crippen LogP contribution in [-0.4, -0.2) is 65.5 Å². The lowest BCUT2D eigenvalue weighted by Crippen LogP contribution is -2.55. The van der Waals surface area contributed by atoms with Crippen molar-refractivity contribution in [2.75, 3.05) is 26.2 Å². The van der Waals surface area contributed by atoms with Crippen LogP contribution in [-0.2, 0) is 17.6 Å². The van der Waals surface area contributed by atoms with Crippen LogP contribution in [0.3, 0.4) is 0 Å². The fraction of sp³-hybridized carbons (Fsp3) is 0.586. The summed E-state index contributed by atoms with van der Waals surface area (Å²) < 4.78 is 10.7. The SMILES string of the molecule is Cc1cc(CCC(=O)c2sc(C)c3c2C[C@@H]2[C@H]3C2(C)C)cc(C)c1OCC(O)CN1CC(OC(=O)O)C1. The first-order valence-electron chi connectivity index (χ1n) is 13.1. The van der Waals surface area contributed by atoms with E-state index in [4.69, 9.17) is 14.6 Å². The molecule has 1 aromatic heterocycles. The van der Waals surface area contributed by atoms with Crippen LogP contribution in [0.25, 0.3) is 0 Å². The number of aliphatic hydroxyl groups excluding tert-OH is 1. The van der Waals surface area contributed by atoms with Crippen molar-refractivity contribution in [2.45, 2.75) is 72.0 Å². The van der Waals surface area contributed by atoms with E-state index in [1.807, 2.05) is 18.7 Å². The fourth-order valence-electron chi connectivity index (χ4n) is 6.56. The monoisotopic (exact) mass is 527 g/mol. The van der Waals surface area contributed by atoms with Gasteiger partial charge in [-0.05, 0) is 78.7 Å². The molecule has 2 heterocycles. The Bertz CT molecular complexity index is 1200. The van der Waals surface area contributed by atoms with Crippen molar-refractivity contribution in [3.8, 4) is 5.75 Å². The van der Waals surface area contributed by atoms with Gasteiger partial charge in [0.15, 0.2) is 5.78 Å². The highest BCUT2D eigenvalue weighted by molar-refractivity contribution is 7.14. The highest BCUT2D eigenvalue weighted by atomic mass is 32.1. The number of hydrogen-bond donors (Lipinski definition) is 2. The molecule has 2 fully saturated rings. The molecule has 37 heavy (non-hydrogen) atoms. The Morgan fingerprint density at radius 1 is 1.19 bits per heavy atom.